The fraction of sp³-hybridized carbons (Fsp3) is 0.412. The van der Waals surface area contributed by atoms with Gasteiger partial charge in [0, 0.05) is 25.4 Å². The van der Waals surface area contributed by atoms with Gasteiger partial charge in [0.15, 0.2) is 5.65 Å². The van der Waals surface area contributed by atoms with Crippen LogP contribution in [0, 0.1) is 0 Å². The molecule has 0 saturated carbocycles. The highest BCUT2D eigenvalue weighted by atomic mass is 19.4. The van der Waals surface area contributed by atoms with Crippen LogP contribution < -0.4 is 10.9 Å². The van der Waals surface area contributed by atoms with Gasteiger partial charge in [-0.15, -0.1) is 0 Å². The summed E-state index contributed by atoms with van der Waals surface area (Å²) in [6.07, 6.45) is -0.0241. The van der Waals surface area contributed by atoms with Crippen LogP contribution in [0.5, 0.6) is 0 Å². The minimum Gasteiger partial charge on any atom is -0.351 e. The van der Waals surface area contributed by atoms with Crippen LogP contribution in [0.15, 0.2) is 17.1 Å². The normalized spacial score (nSPS) is 14.4. The monoisotopic (exact) mass is 378 g/mol. The maximum Gasteiger partial charge on any atom is 0.417 e. The number of aromatic nitrogens is 5. The fourth-order valence-corrected chi connectivity index (χ4v) is 3.40. The average Bonchev–Trinajstić information content (AvgIpc) is 2.95. The molecule has 1 aliphatic rings. The van der Waals surface area contributed by atoms with Crippen LogP contribution >= 0.6 is 0 Å². The van der Waals surface area contributed by atoms with Gasteiger partial charge in [0.25, 0.3) is 5.56 Å². The van der Waals surface area contributed by atoms with Gasteiger partial charge < -0.3 is 5.32 Å². The van der Waals surface area contributed by atoms with Crippen molar-refractivity contribution in [3.05, 3.63) is 45.0 Å². The zero-order valence-electron chi connectivity index (χ0n) is 14.5. The van der Waals surface area contributed by atoms with Gasteiger partial charge in [0.2, 0.25) is 5.95 Å². The Balaban J connectivity index is 1.65. The molecule has 1 aliphatic carbocycles. The molecule has 0 spiro atoms. The summed E-state index contributed by atoms with van der Waals surface area (Å²) in [5.74, 6) is 0.345. The van der Waals surface area contributed by atoms with Crippen molar-refractivity contribution in [1.29, 1.82) is 0 Å². The first-order chi connectivity index (χ1) is 12.8. The summed E-state index contributed by atoms with van der Waals surface area (Å²) >= 11 is 0. The first-order valence-corrected chi connectivity index (χ1v) is 8.57. The first-order valence-electron chi connectivity index (χ1n) is 8.57. The lowest BCUT2D eigenvalue weighted by atomic mass is 9.93. The highest BCUT2D eigenvalue weighted by Crippen LogP contribution is 2.30. The Labute approximate surface area is 151 Å². The summed E-state index contributed by atoms with van der Waals surface area (Å²) in [5, 5.41) is 9.69. The third-order valence-corrected chi connectivity index (χ3v) is 4.83. The van der Waals surface area contributed by atoms with E-state index in [1.807, 2.05) is 0 Å². The maximum absolute atomic E-state index is 12.9. The lowest BCUT2D eigenvalue weighted by Gasteiger charge is -2.17. The molecule has 0 radical (unpaired) electrons. The number of aryl methyl sites for hydroxylation is 2. The molecule has 0 aromatic carbocycles. The molecule has 4 rings (SSSR count). The number of aromatic amines is 1. The van der Waals surface area contributed by atoms with Crippen LogP contribution in [0.25, 0.3) is 11.2 Å². The van der Waals surface area contributed by atoms with Gasteiger partial charge >= 0.3 is 6.18 Å². The molecule has 0 aliphatic heterocycles. The summed E-state index contributed by atoms with van der Waals surface area (Å²) in [4.78, 5) is 20.3. The summed E-state index contributed by atoms with van der Waals surface area (Å²) in [6.45, 7) is 0.212. The van der Waals surface area contributed by atoms with Crippen molar-refractivity contribution >= 4 is 17.1 Å². The molecule has 7 nitrogen and oxygen atoms in total. The quantitative estimate of drug-likeness (QED) is 0.731. The topological polar surface area (TPSA) is 88.5 Å². The highest BCUT2D eigenvalue weighted by molar-refractivity contribution is 5.75. The minimum atomic E-state index is -4.48. The van der Waals surface area contributed by atoms with E-state index in [4.69, 9.17) is 0 Å². The van der Waals surface area contributed by atoms with Crippen molar-refractivity contribution in [2.24, 2.45) is 7.05 Å². The van der Waals surface area contributed by atoms with Gasteiger partial charge in [-0.2, -0.15) is 18.3 Å². The molecule has 3 heterocycles. The third-order valence-electron chi connectivity index (χ3n) is 4.83. The molecule has 0 fully saturated rings. The third kappa shape index (κ3) is 3.15. The molecular weight excluding hydrogens is 361 g/mol. The number of nitrogens with one attached hydrogen (secondary N) is 2. The predicted octanol–water partition coefficient (Wildman–Crippen LogP) is 2.56. The molecule has 0 saturated heterocycles. The van der Waals surface area contributed by atoms with E-state index in [2.05, 4.69) is 25.5 Å². The molecule has 142 valence electrons. The molecule has 3 aromatic heterocycles. The number of rotatable bonds is 3. The number of H-pyrrole nitrogens is 1. The number of hydrogen-bond donors (Lipinski definition) is 2. The molecular formula is C17H17F3N6O. The molecule has 0 atom stereocenters. The minimum absolute atomic E-state index is 0.139. The second kappa shape index (κ2) is 6.36. The molecule has 0 bridgehead atoms. The summed E-state index contributed by atoms with van der Waals surface area (Å²) < 4.78 is 40.2. The number of nitrogens with zero attached hydrogens (tertiary/aromatic N) is 4. The maximum atomic E-state index is 12.9. The number of pyridine rings is 1. The van der Waals surface area contributed by atoms with Crippen molar-refractivity contribution in [3.63, 3.8) is 0 Å². The van der Waals surface area contributed by atoms with E-state index in [1.165, 1.54) is 0 Å². The first kappa shape index (κ1) is 17.5. The summed E-state index contributed by atoms with van der Waals surface area (Å²) in [6, 6.07) is 0.967. The number of alkyl halides is 3. The Hall–Kier alpha value is -2.91. The number of anilines is 1. The predicted molar refractivity (Wildman–Crippen MR) is 92.3 cm³/mol. The van der Waals surface area contributed by atoms with E-state index in [1.54, 1.807) is 11.6 Å². The second-order valence-corrected chi connectivity index (χ2v) is 6.58. The molecule has 2 N–H and O–H groups in total. The van der Waals surface area contributed by atoms with Crippen LogP contribution in [0.4, 0.5) is 19.1 Å². The highest BCUT2D eigenvalue weighted by Gasteiger charge is 2.31. The fourth-order valence-electron chi connectivity index (χ4n) is 3.40. The average molecular weight is 378 g/mol. The Kier molecular flexibility index (Phi) is 4.12. The Bertz CT molecular complexity index is 1070. The van der Waals surface area contributed by atoms with Crippen LogP contribution in [0.3, 0.4) is 0 Å². The molecule has 10 heteroatoms. The standard InChI is InChI=1S/C17H17F3N6O/c1-26-14-13(6-9(7-21-14)17(18,19)20)23-16(26)22-8-11-10-4-2-3-5-12(10)24-25-15(11)27/h6-7H,2-5,8H2,1H3,(H,22,23)(H,25,27). The van der Waals surface area contributed by atoms with Crippen molar-refractivity contribution in [1.82, 2.24) is 24.7 Å². The van der Waals surface area contributed by atoms with Gasteiger partial charge in [-0.1, -0.05) is 0 Å². The van der Waals surface area contributed by atoms with E-state index in [0.29, 0.717) is 17.2 Å². The Morgan fingerprint density at radius 1 is 1.30 bits per heavy atom. The van der Waals surface area contributed by atoms with Gasteiger partial charge in [-0.3, -0.25) is 9.36 Å². The van der Waals surface area contributed by atoms with Gasteiger partial charge in [0.05, 0.1) is 11.3 Å². The van der Waals surface area contributed by atoms with Crippen LogP contribution in [-0.4, -0.2) is 24.7 Å². The van der Waals surface area contributed by atoms with Crippen LogP contribution in [0.1, 0.15) is 35.2 Å². The summed E-state index contributed by atoms with van der Waals surface area (Å²) in [5.41, 5.74) is 1.80. The number of halogens is 3. The lowest BCUT2D eigenvalue weighted by Crippen LogP contribution is -2.24. The van der Waals surface area contributed by atoms with Gasteiger partial charge in [0.1, 0.15) is 5.52 Å². The van der Waals surface area contributed by atoms with Crippen molar-refractivity contribution in [3.8, 4) is 0 Å². The van der Waals surface area contributed by atoms with Gasteiger partial charge in [-0.05, 0) is 37.3 Å². The van der Waals surface area contributed by atoms with Gasteiger partial charge in [-0.25, -0.2) is 15.1 Å². The number of imidazole rings is 1. The largest absolute Gasteiger partial charge is 0.417 e. The second-order valence-electron chi connectivity index (χ2n) is 6.58. The van der Waals surface area contributed by atoms with E-state index < -0.39 is 11.7 Å². The van der Waals surface area contributed by atoms with Crippen LogP contribution in [0.2, 0.25) is 0 Å². The van der Waals surface area contributed by atoms with Crippen LogP contribution in [-0.2, 0) is 32.6 Å². The summed E-state index contributed by atoms with van der Waals surface area (Å²) in [7, 11) is 1.66. The van der Waals surface area contributed by atoms with Crippen molar-refractivity contribution in [2.75, 3.05) is 5.32 Å². The number of fused-ring (bicyclic) bond motifs is 2. The lowest BCUT2D eigenvalue weighted by molar-refractivity contribution is -0.137. The SMILES string of the molecule is Cn1c(NCc2c3c(n[nH]c2=O)CCCC3)nc2cc(C(F)(F)F)cnc21. The van der Waals surface area contributed by atoms with E-state index >= 15 is 0 Å². The smallest absolute Gasteiger partial charge is 0.351 e. The van der Waals surface area contributed by atoms with Crippen molar-refractivity contribution < 1.29 is 13.2 Å². The molecule has 3 aromatic rings. The molecule has 0 amide bonds. The zero-order chi connectivity index (χ0) is 19.2. The van der Waals surface area contributed by atoms with Crippen molar-refractivity contribution in [2.45, 2.75) is 38.4 Å². The molecule has 0 unspecified atom stereocenters. The van der Waals surface area contributed by atoms with E-state index in [0.717, 1.165) is 49.2 Å². The Morgan fingerprint density at radius 3 is 2.85 bits per heavy atom. The number of hydrogen-bond acceptors (Lipinski definition) is 5. The molecule has 27 heavy (non-hydrogen) atoms. The van der Waals surface area contributed by atoms with E-state index in [9.17, 15) is 18.0 Å². The Morgan fingerprint density at radius 2 is 2.07 bits per heavy atom. The van der Waals surface area contributed by atoms with E-state index in [-0.39, 0.29) is 17.6 Å². The zero-order valence-corrected chi connectivity index (χ0v) is 14.5.